The van der Waals surface area contributed by atoms with Gasteiger partial charge in [0.1, 0.15) is 0 Å². The second-order valence-electron chi connectivity index (χ2n) is 7.05. The highest BCUT2D eigenvalue weighted by Gasteiger charge is 2.16. The zero-order valence-corrected chi connectivity index (χ0v) is 17.0. The third-order valence-corrected chi connectivity index (χ3v) is 6.21. The highest BCUT2D eigenvalue weighted by atomic mass is 32.2. The lowest BCUT2D eigenvalue weighted by Crippen LogP contribution is -2.29. The minimum Gasteiger partial charge on any atom is -0.322 e. The lowest BCUT2D eigenvalue weighted by molar-refractivity contribution is 0.102. The van der Waals surface area contributed by atoms with Crippen molar-refractivity contribution in [3.05, 3.63) is 59.7 Å². The normalized spacial score (nSPS) is 14.9. The van der Waals surface area contributed by atoms with Gasteiger partial charge in [-0.25, -0.2) is 8.42 Å². The molecule has 1 fully saturated rings. The fraction of sp³-hybridized carbons (Fsp3) is 0.318. The van der Waals surface area contributed by atoms with Gasteiger partial charge in [0.15, 0.2) is 0 Å². The third-order valence-electron chi connectivity index (χ3n) is 4.81. The van der Waals surface area contributed by atoms with Gasteiger partial charge in [-0.05, 0) is 61.8 Å². The largest absolute Gasteiger partial charge is 0.322 e. The van der Waals surface area contributed by atoms with Crippen LogP contribution in [0.5, 0.6) is 0 Å². The number of terminal acetylenes is 1. The number of nitrogens with one attached hydrogen (secondary N) is 2. The van der Waals surface area contributed by atoms with Crippen LogP contribution in [0.4, 0.5) is 5.69 Å². The molecule has 2 N–H and O–H groups in total. The Morgan fingerprint density at radius 3 is 2.59 bits per heavy atom. The molecule has 1 aliphatic rings. The SMILES string of the molecule is C#CCNS(=O)(=O)c1cccc(C(=O)Nc2cccc(CN3CCCCC3)c2)c1. The summed E-state index contributed by atoms with van der Waals surface area (Å²) >= 11 is 0. The summed E-state index contributed by atoms with van der Waals surface area (Å²) < 4.78 is 26.7. The molecule has 0 atom stereocenters. The summed E-state index contributed by atoms with van der Waals surface area (Å²) in [6.07, 6.45) is 8.85. The van der Waals surface area contributed by atoms with E-state index in [0.29, 0.717) is 5.69 Å². The molecular weight excluding hydrogens is 386 g/mol. The van der Waals surface area contributed by atoms with Crippen molar-refractivity contribution in [2.45, 2.75) is 30.7 Å². The number of benzene rings is 2. The number of rotatable bonds is 7. The number of hydrogen-bond acceptors (Lipinski definition) is 4. The second-order valence-corrected chi connectivity index (χ2v) is 8.81. The lowest BCUT2D eigenvalue weighted by Gasteiger charge is -2.26. The van der Waals surface area contributed by atoms with Crippen molar-refractivity contribution < 1.29 is 13.2 Å². The first-order valence-electron chi connectivity index (χ1n) is 9.64. The molecule has 1 saturated heterocycles. The first-order chi connectivity index (χ1) is 14.0. The van der Waals surface area contributed by atoms with Gasteiger partial charge in [0.25, 0.3) is 5.91 Å². The number of anilines is 1. The van der Waals surface area contributed by atoms with Gasteiger partial charge < -0.3 is 5.32 Å². The van der Waals surface area contributed by atoms with Crippen molar-refractivity contribution >= 4 is 21.6 Å². The summed E-state index contributed by atoms with van der Waals surface area (Å²) in [6, 6.07) is 13.6. The topological polar surface area (TPSA) is 78.5 Å². The third kappa shape index (κ3) is 5.91. The maximum atomic E-state index is 12.6. The molecule has 2 aromatic rings. The molecule has 0 bridgehead atoms. The van der Waals surface area contributed by atoms with E-state index in [4.69, 9.17) is 6.42 Å². The van der Waals surface area contributed by atoms with Crippen LogP contribution in [0.15, 0.2) is 53.4 Å². The van der Waals surface area contributed by atoms with E-state index in [-0.39, 0.29) is 22.9 Å². The van der Waals surface area contributed by atoms with Crippen molar-refractivity contribution in [2.75, 3.05) is 25.0 Å². The summed E-state index contributed by atoms with van der Waals surface area (Å²) in [5, 5.41) is 2.85. The van der Waals surface area contributed by atoms with E-state index in [0.717, 1.165) is 25.2 Å². The molecule has 1 amide bonds. The van der Waals surface area contributed by atoms with Crippen molar-refractivity contribution in [1.29, 1.82) is 0 Å². The van der Waals surface area contributed by atoms with Crippen LogP contribution in [0.2, 0.25) is 0 Å². The summed E-state index contributed by atoms with van der Waals surface area (Å²) in [4.78, 5) is 15.1. The molecule has 0 radical (unpaired) electrons. The van der Waals surface area contributed by atoms with Crippen LogP contribution >= 0.6 is 0 Å². The highest BCUT2D eigenvalue weighted by molar-refractivity contribution is 7.89. The van der Waals surface area contributed by atoms with Gasteiger partial charge >= 0.3 is 0 Å². The molecule has 0 unspecified atom stereocenters. The van der Waals surface area contributed by atoms with Gasteiger partial charge in [-0.15, -0.1) is 6.42 Å². The van der Waals surface area contributed by atoms with Gasteiger partial charge in [0.05, 0.1) is 11.4 Å². The van der Waals surface area contributed by atoms with Crippen LogP contribution < -0.4 is 10.0 Å². The molecule has 2 aromatic carbocycles. The van der Waals surface area contributed by atoms with Gasteiger partial charge in [0.2, 0.25) is 10.0 Å². The maximum Gasteiger partial charge on any atom is 0.255 e. The van der Waals surface area contributed by atoms with Crippen molar-refractivity contribution in [3.8, 4) is 12.3 Å². The van der Waals surface area contributed by atoms with E-state index in [1.807, 2.05) is 18.2 Å². The number of amides is 1. The summed E-state index contributed by atoms with van der Waals surface area (Å²) in [5.74, 6) is 1.86. The van der Waals surface area contributed by atoms with E-state index in [1.54, 1.807) is 6.07 Å². The van der Waals surface area contributed by atoms with Crippen LogP contribution in [-0.2, 0) is 16.6 Å². The summed E-state index contributed by atoms with van der Waals surface area (Å²) in [6.45, 7) is 2.96. The average Bonchev–Trinajstić information content (AvgIpc) is 2.73. The van der Waals surface area contributed by atoms with Crippen LogP contribution in [0.3, 0.4) is 0 Å². The minimum atomic E-state index is -3.75. The van der Waals surface area contributed by atoms with Crippen molar-refractivity contribution in [3.63, 3.8) is 0 Å². The van der Waals surface area contributed by atoms with E-state index in [9.17, 15) is 13.2 Å². The predicted molar refractivity (Wildman–Crippen MR) is 114 cm³/mol. The molecule has 3 rings (SSSR count). The smallest absolute Gasteiger partial charge is 0.255 e. The van der Waals surface area contributed by atoms with E-state index in [1.165, 1.54) is 37.5 Å². The number of sulfonamides is 1. The van der Waals surface area contributed by atoms with Crippen LogP contribution in [0.25, 0.3) is 0 Å². The molecule has 1 aliphatic heterocycles. The molecule has 152 valence electrons. The number of carbonyl (C=O) groups excluding carboxylic acids is 1. The zero-order valence-electron chi connectivity index (χ0n) is 16.2. The fourth-order valence-corrected chi connectivity index (χ4v) is 4.33. The molecule has 0 aromatic heterocycles. The average molecular weight is 412 g/mol. The first kappa shape index (κ1) is 21.1. The Bertz CT molecular complexity index is 1010. The van der Waals surface area contributed by atoms with Crippen LogP contribution in [0.1, 0.15) is 35.2 Å². The van der Waals surface area contributed by atoms with Crippen LogP contribution in [0, 0.1) is 12.3 Å². The Morgan fingerprint density at radius 2 is 1.83 bits per heavy atom. The Balaban J connectivity index is 1.69. The molecule has 0 aliphatic carbocycles. The Labute approximate surface area is 172 Å². The van der Waals surface area contributed by atoms with Gasteiger partial charge in [0, 0.05) is 17.8 Å². The summed E-state index contributed by atoms with van der Waals surface area (Å²) in [7, 11) is -3.75. The first-order valence-corrected chi connectivity index (χ1v) is 11.1. The fourth-order valence-electron chi connectivity index (χ4n) is 3.35. The van der Waals surface area contributed by atoms with Crippen LogP contribution in [-0.4, -0.2) is 38.9 Å². The monoisotopic (exact) mass is 411 g/mol. The second kappa shape index (κ2) is 9.70. The zero-order chi connectivity index (χ0) is 20.7. The van der Waals surface area contributed by atoms with E-state index >= 15 is 0 Å². The molecule has 0 spiro atoms. The Kier molecular flexibility index (Phi) is 7.04. The molecule has 0 saturated carbocycles. The number of hydrogen-bond donors (Lipinski definition) is 2. The quantitative estimate of drug-likeness (QED) is 0.687. The Hall–Kier alpha value is -2.66. The Morgan fingerprint density at radius 1 is 1.07 bits per heavy atom. The van der Waals surface area contributed by atoms with Gasteiger partial charge in [-0.3, -0.25) is 9.69 Å². The maximum absolute atomic E-state index is 12.6. The number of likely N-dealkylation sites (tertiary alicyclic amines) is 1. The standard InChI is InChI=1S/C22H25N3O3S/c1-2-12-23-29(27,28)21-11-7-9-19(16-21)22(26)24-20-10-6-8-18(15-20)17-25-13-4-3-5-14-25/h1,6-11,15-16,23H,3-5,12-14,17H2,(H,24,26). The predicted octanol–water partition coefficient (Wildman–Crippen LogP) is 2.84. The number of nitrogens with zero attached hydrogens (tertiary/aromatic N) is 1. The molecule has 7 heteroatoms. The number of piperidine rings is 1. The lowest BCUT2D eigenvalue weighted by atomic mass is 10.1. The van der Waals surface area contributed by atoms with Gasteiger partial charge in [-0.1, -0.05) is 30.5 Å². The van der Waals surface area contributed by atoms with Gasteiger partial charge in [-0.2, -0.15) is 4.72 Å². The molecule has 1 heterocycles. The van der Waals surface area contributed by atoms with Crippen molar-refractivity contribution in [2.24, 2.45) is 0 Å². The van der Waals surface area contributed by atoms with Crippen molar-refractivity contribution in [1.82, 2.24) is 9.62 Å². The number of carbonyl (C=O) groups is 1. The molecule has 6 nitrogen and oxygen atoms in total. The minimum absolute atomic E-state index is 0.000695. The summed E-state index contributed by atoms with van der Waals surface area (Å²) in [5.41, 5.74) is 2.08. The molecule has 29 heavy (non-hydrogen) atoms. The van der Waals surface area contributed by atoms with E-state index in [2.05, 4.69) is 26.9 Å². The highest BCUT2D eigenvalue weighted by Crippen LogP contribution is 2.18. The molecular formula is C22H25N3O3S. The van der Waals surface area contributed by atoms with E-state index < -0.39 is 10.0 Å².